The first kappa shape index (κ1) is 18.4. The molecule has 1 fully saturated rings. The fraction of sp³-hybridized carbons (Fsp3) is 0.556. The Morgan fingerprint density at radius 3 is 2.67 bits per heavy atom. The van der Waals surface area contributed by atoms with E-state index in [4.69, 9.17) is 9.47 Å². The first-order chi connectivity index (χ1) is 11.2. The lowest BCUT2D eigenvalue weighted by atomic mass is 9.74. The monoisotopic (exact) mass is 337 g/mol. The molecule has 1 N–H and O–H groups in total. The zero-order valence-corrected chi connectivity index (χ0v) is 14.5. The van der Waals surface area contributed by atoms with Crippen LogP contribution in [0.1, 0.15) is 39.7 Å². The maximum Gasteiger partial charge on any atom is 0.408 e. The fourth-order valence-electron chi connectivity index (χ4n) is 2.96. The number of alkyl carbamates (subject to hydrolysis) is 1. The Balaban J connectivity index is 2.44. The van der Waals surface area contributed by atoms with Crippen molar-refractivity contribution in [1.82, 2.24) is 5.32 Å². The highest BCUT2D eigenvalue weighted by Crippen LogP contribution is 2.38. The van der Waals surface area contributed by atoms with Crippen LogP contribution in [0, 0.1) is 11.7 Å². The van der Waals surface area contributed by atoms with E-state index in [0.29, 0.717) is 6.42 Å². The van der Waals surface area contributed by atoms with E-state index >= 15 is 0 Å². The third-order valence-electron chi connectivity index (χ3n) is 4.06. The van der Waals surface area contributed by atoms with Gasteiger partial charge in [0.1, 0.15) is 23.2 Å². The number of aldehydes is 1. The number of hydrogen-bond donors (Lipinski definition) is 1. The lowest BCUT2D eigenvalue weighted by Crippen LogP contribution is -2.59. The van der Waals surface area contributed by atoms with E-state index < -0.39 is 29.0 Å². The number of hydrogen-bond acceptors (Lipinski definition) is 4. The third-order valence-corrected chi connectivity index (χ3v) is 4.06. The van der Waals surface area contributed by atoms with E-state index in [0.717, 1.165) is 6.29 Å². The van der Waals surface area contributed by atoms with Crippen molar-refractivity contribution in [3.05, 3.63) is 35.6 Å². The number of rotatable bonds is 3. The van der Waals surface area contributed by atoms with E-state index in [9.17, 15) is 14.0 Å². The quantitative estimate of drug-likeness (QED) is 0.861. The summed E-state index contributed by atoms with van der Waals surface area (Å²) in [6, 6.07) is 6.08. The Bertz CT molecular complexity index is 613. The molecule has 0 radical (unpaired) electrons. The van der Waals surface area contributed by atoms with Crippen molar-refractivity contribution in [3.8, 4) is 0 Å². The van der Waals surface area contributed by atoms with Crippen molar-refractivity contribution in [2.75, 3.05) is 6.61 Å². The van der Waals surface area contributed by atoms with Gasteiger partial charge in [0, 0.05) is 11.5 Å². The second-order valence-corrected chi connectivity index (χ2v) is 7.18. The summed E-state index contributed by atoms with van der Waals surface area (Å²) in [6.45, 7) is 7.05. The maximum absolute atomic E-state index is 14.5. The van der Waals surface area contributed by atoms with Crippen LogP contribution in [0.3, 0.4) is 0 Å². The molecule has 1 aromatic rings. The fourth-order valence-corrected chi connectivity index (χ4v) is 2.96. The van der Waals surface area contributed by atoms with Gasteiger partial charge in [-0.3, -0.25) is 0 Å². The molecule has 0 unspecified atom stereocenters. The minimum absolute atomic E-state index is 0.00223. The van der Waals surface area contributed by atoms with Crippen LogP contribution in [-0.2, 0) is 19.8 Å². The molecule has 1 heterocycles. The Kier molecular flexibility index (Phi) is 5.28. The van der Waals surface area contributed by atoms with Gasteiger partial charge in [0.2, 0.25) is 0 Å². The summed E-state index contributed by atoms with van der Waals surface area (Å²) in [7, 11) is 0. The first-order valence-electron chi connectivity index (χ1n) is 8.01. The predicted octanol–water partition coefficient (Wildman–Crippen LogP) is 3.17. The van der Waals surface area contributed by atoms with E-state index in [1.54, 1.807) is 39.0 Å². The SMILES string of the molecule is C[C@H]1C[C@@H](C=O)[C@](NC(=O)OC(C)(C)C)(c2ccccc2F)CO1. The summed E-state index contributed by atoms with van der Waals surface area (Å²) in [5, 5.41) is 2.71. The Labute approximate surface area is 141 Å². The topological polar surface area (TPSA) is 64.6 Å². The van der Waals surface area contributed by atoms with E-state index in [2.05, 4.69) is 5.32 Å². The number of carbonyl (C=O) groups is 2. The summed E-state index contributed by atoms with van der Waals surface area (Å²) in [5.41, 5.74) is -1.78. The molecule has 1 aliphatic rings. The van der Waals surface area contributed by atoms with Crippen molar-refractivity contribution in [1.29, 1.82) is 0 Å². The molecule has 0 bridgehead atoms. The number of halogens is 1. The smallest absolute Gasteiger partial charge is 0.408 e. The van der Waals surface area contributed by atoms with Crippen LogP contribution in [0.4, 0.5) is 9.18 Å². The molecule has 5 nitrogen and oxygen atoms in total. The minimum Gasteiger partial charge on any atom is -0.444 e. The lowest BCUT2D eigenvalue weighted by Gasteiger charge is -2.44. The van der Waals surface area contributed by atoms with Gasteiger partial charge in [-0.1, -0.05) is 18.2 Å². The molecule has 24 heavy (non-hydrogen) atoms. The van der Waals surface area contributed by atoms with Gasteiger partial charge >= 0.3 is 6.09 Å². The molecule has 0 aliphatic carbocycles. The van der Waals surface area contributed by atoms with Crippen molar-refractivity contribution in [3.63, 3.8) is 0 Å². The molecule has 1 saturated heterocycles. The van der Waals surface area contributed by atoms with Gasteiger partial charge in [0.05, 0.1) is 12.7 Å². The summed E-state index contributed by atoms with van der Waals surface area (Å²) in [5.74, 6) is -1.12. The van der Waals surface area contributed by atoms with Gasteiger partial charge < -0.3 is 19.6 Å². The number of nitrogens with one attached hydrogen (secondary N) is 1. The van der Waals surface area contributed by atoms with E-state index in [1.807, 2.05) is 6.92 Å². The molecule has 1 aromatic carbocycles. The van der Waals surface area contributed by atoms with Crippen LogP contribution in [0.15, 0.2) is 24.3 Å². The average Bonchev–Trinajstić information content (AvgIpc) is 2.47. The van der Waals surface area contributed by atoms with Crippen molar-refractivity contribution < 1.29 is 23.5 Å². The molecule has 1 amide bonds. The van der Waals surface area contributed by atoms with Crippen LogP contribution in [0.25, 0.3) is 0 Å². The van der Waals surface area contributed by atoms with Crippen LogP contribution < -0.4 is 5.32 Å². The third kappa shape index (κ3) is 3.93. The molecule has 0 spiro atoms. The average molecular weight is 337 g/mol. The Morgan fingerprint density at radius 2 is 2.08 bits per heavy atom. The number of ether oxygens (including phenoxy) is 2. The van der Waals surface area contributed by atoms with Gasteiger partial charge in [0.25, 0.3) is 0 Å². The lowest BCUT2D eigenvalue weighted by molar-refractivity contribution is -0.124. The first-order valence-corrected chi connectivity index (χ1v) is 8.01. The molecule has 6 heteroatoms. The normalized spacial score (nSPS) is 27.4. The molecule has 132 valence electrons. The molecule has 0 saturated carbocycles. The van der Waals surface area contributed by atoms with E-state index in [1.165, 1.54) is 6.07 Å². The van der Waals surface area contributed by atoms with Gasteiger partial charge in [-0.25, -0.2) is 9.18 Å². The molecule has 0 aromatic heterocycles. The van der Waals surface area contributed by atoms with E-state index in [-0.39, 0.29) is 18.3 Å². The highest BCUT2D eigenvalue weighted by atomic mass is 19.1. The summed E-state index contributed by atoms with van der Waals surface area (Å²) in [6.07, 6.45) is 0.271. The summed E-state index contributed by atoms with van der Waals surface area (Å²) in [4.78, 5) is 24.0. The van der Waals surface area contributed by atoms with Gasteiger partial charge in [-0.2, -0.15) is 0 Å². The van der Waals surface area contributed by atoms with Crippen LogP contribution in [-0.4, -0.2) is 30.7 Å². The number of benzene rings is 1. The van der Waals surface area contributed by atoms with Crippen molar-refractivity contribution in [2.45, 2.75) is 51.4 Å². The predicted molar refractivity (Wildman–Crippen MR) is 87.0 cm³/mol. The van der Waals surface area contributed by atoms with Crippen molar-refractivity contribution in [2.24, 2.45) is 5.92 Å². The molecular weight excluding hydrogens is 313 g/mol. The second-order valence-electron chi connectivity index (χ2n) is 7.18. The van der Waals surface area contributed by atoms with Crippen molar-refractivity contribution >= 4 is 12.4 Å². The molecule has 1 aliphatic heterocycles. The maximum atomic E-state index is 14.5. The van der Waals surface area contributed by atoms with Gasteiger partial charge in [-0.15, -0.1) is 0 Å². The molecular formula is C18H24FNO4. The largest absolute Gasteiger partial charge is 0.444 e. The number of amides is 1. The zero-order valence-electron chi connectivity index (χ0n) is 14.5. The Hall–Kier alpha value is -1.95. The second kappa shape index (κ2) is 6.89. The van der Waals surface area contributed by atoms with Gasteiger partial charge in [-0.05, 0) is 40.2 Å². The van der Waals surface area contributed by atoms with Gasteiger partial charge in [0.15, 0.2) is 0 Å². The standard InChI is InChI=1S/C18H24FNO4/c1-12-9-13(10-21)18(11-23-12,14-7-5-6-8-15(14)19)20-16(22)24-17(2,3)4/h5-8,10,12-13H,9,11H2,1-4H3,(H,20,22)/t12-,13-,18-/m0/s1. The molecule has 3 atom stereocenters. The zero-order chi connectivity index (χ0) is 18.0. The van der Waals surface area contributed by atoms with Crippen LogP contribution in [0.2, 0.25) is 0 Å². The highest BCUT2D eigenvalue weighted by Gasteiger charge is 2.48. The number of carbonyl (C=O) groups excluding carboxylic acids is 2. The van der Waals surface area contributed by atoms with Crippen LogP contribution in [0.5, 0.6) is 0 Å². The Morgan fingerprint density at radius 1 is 1.42 bits per heavy atom. The highest BCUT2D eigenvalue weighted by molar-refractivity contribution is 5.71. The van der Waals surface area contributed by atoms with Crippen LogP contribution >= 0.6 is 0 Å². The summed E-state index contributed by atoms with van der Waals surface area (Å²) < 4.78 is 25.4. The summed E-state index contributed by atoms with van der Waals surface area (Å²) >= 11 is 0. The minimum atomic E-state index is -1.29. The molecule has 2 rings (SSSR count).